The van der Waals surface area contributed by atoms with E-state index in [-0.39, 0.29) is 27.7 Å². The van der Waals surface area contributed by atoms with Crippen molar-refractivity contribution in [1.82, 2.24) is 0 Å². The summed E-state index contributed by atoms with van der Waals surface area (Å²) in [6.45, 7) is 1.55. The lowest BCUT2D eigenvalue weighted by atomic mass is 10.2. The Balaban J connectivity index is 2.41. The van der Waals surface area contributed by atoms with Crippen molar-refractivity contribution >= 4 is 15.8 Å². The van der Waals surface area contributed by atoms with Crippen LogP contribution in [-0.2, 0) is 9.84 Å². The number of carboxylic acids is 1. The lowest BCUT2D eigenvalue weighted by molar-refractivity contribution is 0.0696. The molecule has 5 nitrogen and oxygen atoms in total. The zero-order chi connectivity index (χ0) is 15.5. The predicted octanol–water partition coefficient (Wildman–Crippen LogP) is 2.97. The third-order valence-electron chi connectivity index (χ3n) is 2.87. The van der Waals surface area contributed by atoms with Crippen molar-refractivity contribution in [3.8, 4) is 11.5 Å². The first-order valence-electron chi connectivity index (χ1n) is 6.27. The fourth-order valence-corrected chi connectivity index (χ4v) is 2.78. The summed E-state index contributed by atoms with van der Waals surface area (Å²) in [6.07, 6.45) is 0. The molecule has 0 amide bonds. The highest BCUT2D eigenvalue weighted by Crippen LogP contribution is 2.29. The van der Waals surface area contributed by atoms with Gasteiger partial charge in [0.05, 0.1) is 11.3 Å². The van der Waals surface area contributed by atoms with Gasteiger partial charge in [0.1, 0.15) is 16.4 Å². The van der Waals surface area contributed by atoms with Crippen LogP contribution in [0.25, 0.3) is 0 Å². The molecular weight excluding hydrogens is 292 g/mol. The molecule has 1 N–H and O–H groups in total. The van der Waals surface area contributed by atoms with Crippen molar-refractivity contribution in [2.75, 3.05) is 5.75 Å². The van der Waals surface area contributed by atoms with Crippen LogP contribution in [-0.4, -0.2) is 25.2 Å². The Bertz CT molecular complexity index is 765. The van der Waals surface area contributed by atoms with Gasteiger partial charge in [0, 0.05) is 0 Å². The molecule has 0 saturated carbocycles. The van der Waals surface area contributed by atoms with Crippen LogP contribution in [0.1, 0.15) is 17.3 Å². The van der Waals surface area contributed by atoms with E-state index >= 15 is 0 Å². The van der Waals surface area contributed by atoms with Gasteiger partial charge in [-0.25, -0.2) is 13.2 Å². The Morgan fingerprint density at radius 2 is 1.86 bits per heavy atom. The second-order valence-electron chi connectivity index (χ2n) is 4.29. The fraction of sp³-hybridized carbons (Fsp3) is 0.133. The Morgan fingerprint density at radius 3 is 2.52 bits per heavy atom. The molecule has 0 aliphatic heterocycles. The predicted molar refractivity (Wildman–Crippen MR) is 77.6 cm³/mol. The van der Waals surface area contributed by atoms with E-state index in [9.17, 15) is 13.2 Å². The van der Waals surface area contributed by atoms with E-state index in [4.69, 9.17) is 9.84 Å². The molecule has 21 heavy (non-hydrogen) atoms. The Labute approximate surface area is 122 Å². The van der Waals surface area contributed by atoms with Gasteiger partial charge in [-0.2, -0.15) is 0 Å². The van der Waals surface area contributed by atoms with Crippen LogP contribution in [0, 0.1) is 0 Å². The third-order valence-corrected chi connectivity index (χ3v) is 4.64. The summed E-state index contributed by atoms with van der Waals surface area (Å²) in [4.78, 5) is 11.0. The summed E-state index contributed by atoms with van der Waals surface area (Å²) in [7, 11) is -3.42. The summed E-state index contributed by atoms with van der Waals surface area (Å²) in [5.74, 6) is -0.659. The van der Waals surface area contributed by atoms with E-state index in [1.165, 1.54) is 30.3 Å². The number of rotatable bonds is 5. The smallest absolute Gasteiger partial charge is 0.335 e. The van der Waals surface area contributed by atoms with Gasteiger partial charge < -0.3 is 9.84 Å². The van der Waals surface area contributed by atoms with E-state index in [0.29, 0.717) is 0 Å². The van der Waals surface area contributed by atoms with E-state index in [0.717, 1.165) is 0 Å². The number of aromatic carboxylic acids is 1. The molecular formula is C15H14O5S. The molecule has 0 aromatic heterocycles. The third kappa shape index (κ3) is 3.41. The van der Waals surface area contributed by atoms with Gasteiger partial charge in [0.2, 0.25) is 0 Å². The molecule has 0 spiro atoms. The van der Waals surface area contributed by atoms with E-state index < -0.39 is 15.8 Å². The van der Waals surface area contributed by atoms with Gasteiger partial charge in [-0.15, -0.1) is 0 Å². The molecule has 0 fully saturated rings. The minimum Gasteiger partial charge on any atom is -0.478 e. The number of sulfone groups is 1. The van der Waals surface area contributed by atoms with Gasteiger partial charge in [-0.1, -0.05) is 25.1 Å². The molecule has 0 bridgehead atoms. The van der Waals surface area contributed by atoms with E-state index in [2.05, 4.69) is 0 Å². The molecule has 0 radical (unpaired) electrons. The van der Waals surface area contributed by atoms with Gasteiger partial charge >= 0.3 is 5.97 Å². The molecule has 2 rings (SSSR count). The number of benzene rings is 2. The van der Waals surface area contributed by atoms with Gasteiger partial charge in [0.15, 0.2) is 9.84 Å². The minimum absolute atomic E-state index is 0.0391. The zero-order valence-electron chi connectivity index (χ0n) is 11.3. The molecule has 2 aromatic rings. The number of hydrogen-bond acceptors (Lipinski definition) is 4. The molecule has 0 unspecified atom stereocenters. The summed E-state index contributed by atoms with van der Waals surface area (Å²) < 4.78 is 29.6. The first-order valence-corrected chi connectivity index (χ1v) is 7.92. The highest BCUT2D eigenvalue weighted by atomic mass is 32.2. The maximum Gasteiger partial charge on any atom is 0.335 e. The van der Waals surface area contributed by atoms with Gasteiger partial charge in [-0.05, 0) is 30.3 Å². The topological polar surface area (TPSA) is 80.7 Å². The van der Waals surface area contributed by atoms with E-state index in [1.807, 2.05) is 0 Å². The maximum absolute atomic E-state index is 12.0. The lowest BCUT2D eigenvalue weighted by Gasteiger charge is -2.11. The van der Waals surface area contributed by atoms with Crippen LogP contribution >= 0.6 is 0 Å². The van der Waals surface area contributed by atoms with Crippen LogP contribution in [0.3, 0.4) is 0 Å². The molecule has 0 aliphatic carbocycles. The summed E-state index contributed by atoms with van der Waals surface area (Å²) in [6, 6.07) is 12.2. The highest BCUT2D eigenvalue weighted by Gasteiger charge is 2.17. The first kappa shape index (κ1) is 15.1. The Kier molecular flexibility index (Phi) is 4.28. The molecule has 0 aliphatic rings. The van der Waals surface area contributed by atoms with Crippen molar-refractivity contribution in [3.63, 3.8) is 0 Å². The largest absolute Gasteiger partial charge is 0.478 e. The molecule has 0 heterocycles. The number of carboxylic acid groups (broad SMARTS) is 1. The second-order valence-corrected chi connectivity index (χ2v) is 6.53. The normalized spacial score (nSPS) is 11.1. The van der Waals surface area contributed by atoms with Crippen molar-refractivity contribution in [1.29, 1.82) is 0 Å². The maximum atomic E-state index is 12.0. The summed E-state index contributed by atoms with van der Waals surface area (Å²) in [5.41, 5.74) is 0.0725. The highest BCUT2D eigenvalue weighted by molar-refractivity contribution is 7.91. The number of ether oxygens (including phenoxy) is 1. The number of para-hydroxylation sites is 1. The standard InChI is InChI=1S/C15H14O5S/c1-2-21(18,19)14-9-4-3-8-13(14)20-12-7-5-6-11(10-12)15(16)17/h3-10H,2H2,1H3,(H,16,17). The molecule has 0 atom stereocenters. The quantitative estimate of drug-likeness (QED) is 0.918. The lowest BCUT2D eigenvalue weighted by Crippen LogP contribution is -2.05. The fourth-order valence-electron chi connectivity index (χ4n) is 1.77. The molecule has 2 aromatic carbocycles. The van der Waals surface area contributed by atoms with Gasteiger partial charge in [0.25, 0.3) is 0 Å². The second kappa shape index (κ2) is 5.97. The number of carbonyl (C=O) groups is 1. The summed E-state index contributed by atoms with van der Waals surface area (Å²) in [5, 5.41) is 8.95. The average Bonchev–Trinajstić information content (AvgIpc) is 2.48. The molecule has 6 heteroatoms. The Morgan fingerprint density at radius 1 is 1.14 bits per heavy atom. The van der Waals surface area contributed by atoms with Crippen LogP contribution in [0.4, 0.5) is 0 Å². The van der Waals surface area contributed by atoms with E-state index in [1.54, 1.807) is 25.1 Å². The van der Waals surface area contributed by atoms with Crippen molar-refractivity contribution in [2.24, 2.45) is 0 Å². The molecule has 0 saturated heterocycles. The minimum atomic E-state index is -3.42. The van der Waals surface area contributed by atoms with Crippen molar-refractivity contribution in [3.05, 3.63) is 54.1 Å². The van der Waals surface area contributed by atoms with Crippen molar-refractivity contribution < 1.29 is 23.1 Å². The average molecular weight is 306 g/mol. The SMILES string of the molecule is CCS(=O)(=O)c1ccccc1Oc1cccc(C(=O)O)c1. The van der Waals surface area contributed by atoms with Crippen LogP contribution < -0.4 is 4.74 Å². The first-order chi connectivity index (χ1) is 9.94. The summed E-state index contributed by atoms with van der Waals surface area (Å²) >= 11 is 0. The van der Waals surface area contributed by atoms with Crippen LogP contribution in [0.2, 0.25) is 0 Å². The molecule has 110 valence electrons. The monoisotopic (exact) mass is 306 g/mol. The Hall–Kier alpha value is -2.34. The van der Waals surface area contributed by atoms with Crippen molar-refractivity contribution in [2.45, 2.75) is 11.8 Å². The number of hydrogen-bond donors (Lipinski definition) is 1. The van der Waals surface area contributed by atoms with Crippen LogP contribution in [0.5, 0.6) is 11.5 Å². The van der Waals surface area contributed by atoms with Crippen LogP contribution in [0.15, 0.2) is 53.4 Å². The zero-order valence-corrected chi connectivity index (χ0v) is 12.1. The van der Waals surface area contributed by atoms with Gasteiger partial charge in [-0.3, -0.25) is 0 Å².